The van der Waals surface area contributed by atoms with Gasteiger partial charge in [0, 0.05) is 5.56 Å². The van der Waals surface area contributed by atoms with Crippen molar-refractivity contribution in [3.8, 4) is 23.0 Å². The van der Waals surface area contributed by atoms with Gasteiger partial charge < -0.3 is 14.2 Å². The van der Waals surface area contributed by atoms with Crippen LogP contribution < -0.4 is 14.2 Å². The lowest BCUT2D eigenvalue weighted by Crippen LogP contribution is -2.17. The van der Waals surface area contributed by atoms with Gasteiger partial charge in [0.05, 0.1) is 0 Å². The maximum Gasteiger partial charge on any atom is 0.349 e. The fraction of sp³-hybridized carbons (Fsp3) is 0.167. The van der Waals surface area contributed by atoms with Crippen molar-refractivity contribution in [2.75, 3.05) is 6.61 Å². The molecule has 0 fully saturated rings. The zero-order valence-corrected chi connectivity index (χ0v) is 16.6. The number of hydrogen-bond acceptors (Lipinski definition) is 5. The van der Waals surface area contributed by atoms with E-state index in [1.54, 1.807) is 48.5 Å². The SMILES string of the molecule is CC(=O)c1ccc(OC(=O)COc2ccc(Oc3cc(C)cc(C)c3)cc2)cc1. The van der Waals surface area contributed by atoms with Crippen molar-refractivity contribution in [2.24, 2.45) is 0 Å². The van der Waals surface area contributed by atoms with Crippen molar-refractivity contribution < 1.29 is 23.8 Å². The van der Waals surface area contributed by atoms with Crippen molar-refractivity contribution in [3.63, 3.8) is 0 Å². The van der Waals surface area contributed by atoms with Crippen LogP contribution in [-0.2, 0) is 4.79 Å². The summed E-state index contributed by atoms with van der Waals surface area (Å²) in [5, 5.41) is 0. The third-order valence-corrected chi connectivity index (χ3v) is 4.10. The minimum Gasteiger partial charge on any atom is -0.482 e. The highest BCUT2D eigenvalue weighted by Crippen LogP contribution is 2.25. The number of ketones is 1. The first-order chi connectivity index (χ1) is 13.9. The molecular formula is C24H22O5. The Morgan fingerprint density at radius 3 is 1.86 bits per heavy atom. The van der Waals surface area contributed by atoms with Crippen molar-refractivity contribution in [3.05, 3.63) is 83.4 Å². The first-order valence-corrected chi connectivity index (χ1v) is 9.20. The molecule has 0 aliphatic rings. The molecule has 0 aromatic heterocycles. The van der Waals surface area contributed by atoms with E-state index < -0.39 is 5.97 Å². The highest BCUT2D eigenvalue weighted by Gasteiger charge is 2.08. The molecule has 0 bridgehead atoms. The summed E-state index contributed by atoms with van der Waals surface area (Å²) < 4.78 is 16.5. The molecule has 0 N–H and O–H groups in total. The van der Waals surface area contributed by atoms with E-state index in [1.807, 2.05) is 26.0 Å². The Balaban J connectivity index is 1.51. The average molecular weight is 390 g/mol. The lowest BCUT2D eigenvalue weighted by Gasteiger charge is -2.10. The third-order valence-electron chi connectivity index (χ3n) is 4.10. The van der Waals surface area contributed by atoms with Crippen LogP contribution in [0, 0.1) is 13.8 Å². The second kappa shape index (κ2) is 9.06. The molecule has 0 amide bonds. The number of aryl methyl sites for hydroxylation is 2. The van der Waals surface area contributed by atoms with Gasteiger partial charge in [-0.2, -0.15) is 0 Å². The number of Topliss-reactive ketones (excluding diaryl/α,β-unsaturated/α-hetero) is 1. The van der Waals surface area contributed by atoms with E-state index in [-0.39, 0.29) is 12.4 Å². The maximum atomic E-state index is 11.9. The van der Waals surface area contributed by atoms with Crippen LogP contribution in [0.3, 0.4) is 0 Å². The van der Waals surface area contributed by atoms with Crippen LogP contribution in [0.1, 0.15) is 28.4 Å². The quantitative estimate of drug-likeness (QED) is 0.312. The van der Waals surface area contributed by atoms with Crippen molar-refractivity contribution in [2.45, 2.75) is 20.8 Å². The highest BCUT2D eigenvalue weighted by molar-refractivity contribution is 5.94. The van der Waals surface area contributed by atoms with E-state index in [2.05, 4.69) is 6.07 Å². The predicted octanol–water partition coefficient (Wildman–Crippen LogP) is 5.28. The lowest BCUT2D eigenvalue weighted by molar-refractivity contribution is -0.136. The number of carbonyl (C=O) groups is 2. The summed E-state index contributed by atoms with van der Waals surface area (Å²) in [6.45, 7) is 5.29. The molecule has 3 aromatic rings. The molecule has 0 saturated carbocycles. The van der Waals surface area contributed by atoms with E-state index in [0.717, 1.165) is 16.9 Å². The van der Waals surface area contributed by atoms with Gasteiger partial charge in [-0.1, -0.05) is 6.07 Å². The lowest BCUT2D eigenvalue weighted by atomic mass is 10.1. The monoisotopic (exact) mass is 390 g/mol. The largest absolute Gasteiger partial charge is 0.482 e. The number of ether oxygens (including phenoxy) is 3. The summed E-state index contributed by atoms with van der Waals surface area (Å²) in [7, 11) is 0. The summed E-state index contributed by atoms with van der Waals surface area (Å²) in [4.78, 5) is 23.2. The summed E-state index contributed by atoms with van der Waals surface area (Å²) in [5.74, 6) is 1.76. The minimum absolute atomic E-state index is 0.0452. The van der Waals surface area contributed by atoms with Gasteiger partial charge in [-0.25, -0.2) is 4.79 Å². The maximum absolute atomic E-state index is 11.9. The third kappa shape index (κ3) is 5.94. The van der Waals surface area contributed by atoms with E-state index in [9.17, 15) is 9.59 Å². The first-order valence-electron chi connectivity index (χ1n) is 9.20. The van der Waals surface area contributed by atoms with Crippen LogP contribution in [0.5, 0.6) is 23.0 Å². The summed E-state index contributed by atoms with van der Waals surface area (Å²) in [6.07, 6.45) is 0. The molecule has 0 saturated heterocycles. The summed E-state index contributed by atoms with van der Waals surface area (Å²) in [6, 6.07) is 19.4. The van der Waals surface area contributed by atoms with Gasteiger partial charge in [0.25, 0.3) is 0 Å². The van der Waals surface area contributed by atoms with Crippen LogP contribution in [0.2, 0.25) is 0 Å². The Hall–Kier alpha value is -3.60. The van der Waals surface area contributed by atoms with Crippen molar-refractivity contribution >= 4 is 11.8 Å². The Kier molecular flexibility index (Phi) is 6.29. The predicted molar refractivity (Wildman–Crippen MR) is 110 cm³/mol. The molecule has 0 radical (unpaired) electrons. The Morgan fingerprint density at radius 2 is 1.28 bits per heavy atom. The first kappa shape index (κ1) is 20.1. The highest BCUT2D eigenvalue weighted by atomic mass is 16.6. The van der Waals surface area contributed by atoms with E-state index in [0.29, 0.717) is 22.8 Å². The number of esters is 1. The van der Waals surface area contributed by atoms with Crippen LogP contribution in [-0.4, -0.2) is 18.4 Å². The number of rotatable bonds is 7. The Labute approximate surface area is 169 Å². The van der Waals surface area contributed by atoms with Crippen molar-refractivity contribution in [1.29, 1.82) is 0 Å². The molecule has 5 nitrogen and oxygen atoms in total. The minimum atomic E-state index is -0.531. The second-order valence-corrected chi connectivity index (χ2v) is 6.74. The van der Waals surface area contributed by atoms with Crippen LogP contribution in [0.15, 0.2) is 66.7 Å². The van der Waals surface area contributed by atoms with Gasteiger partial charge in [-0.15, -0.1) is 0 Å². The molecule has 0 aliphatic carbocycles. The standard InChI is InChI=1S/C24H22O5/c1-16-12-17(2)14-23(13-16)28-21-10-8-20(9-11-21)27-15-24(26)29-22-6-4-19(5-7-22)18(3)25/h4-14H,15H2,1-3H3. The summed E-state index contributed by atoms with van der Waals surface area (Å²) >= 11 is 0. The zero-order valence-electron chi connectivity index (χ0n) is 16.6. The van der Waals surface area contributed by atoms with Crippen LogP contribution in [0.4, 0.5) is 0 Å². The number of carbonyl (C=O) groups excluding carboxylic acids is 2. The normalized spacial score (nSPS) is 10.3. The average Bonchev–Trinajstić information content (AvgIpc) is 2.67. The smallest absolute Gasteiger partial charge is 0.349 e. The van der Waals surface area contributed by atoms with Gasteiger partial charge in [-0.3, -0.25) is 4.79 Å². The molecule has 0 heterocycles. The molecule has 0 unspecified atom stereocenters. The molecule has 148 valence electrons. The van der Waals surface area contributed by atoms with Gasteiger partial charge in [0.2, 0.25) is 0 Å². The van der Waals surface area contributed by atoms with Gasteiger partial charge in [0.15, 0.2) is 12.4 Å². The van der Waals surface area contributed by atoms with Gasteiger partial charge in [0.1, 0.15) is 23.0 Å². The molecule has 5 heteroatoms. The zero-order chi connectivity index (χ0) is 20.8. The van der Waals surface area contributed by atoms with E-state index in [1.165, 1.54) is 6.92 Å². The number of hydrogen-bond donors (Lipinski definition) is 0. The van der Waals surface area contributed by atoms with Gasteiger partial charge >= 0.3 is 5.97 Å². The molecular weight excluding hydrogens is 368 g/mol. The summed E-state index contributed by atoms with van der Waals surface area (Å²) in [5.41, 5.74) is 2.83. The molecule has 29 heavy (non-hydrogen) atoms. The van der Waals surface area contributed by atoms with Crippen molar-refractivity contribution in [1.82, 2.24) is 0 Å². The second-order valence-electron chi connectivity index (χ2n) is 6.74. The van der Waals surface area contributed by atoms with E-state index in [4.69, 9.17) is 14.2 Å². The van der Waals surface area contributed by atoms with Crippen LogP contribution >= 0.6 is 0 Å². The fourth-order valence-electron chi connectivity index (χ4n) is 2.79. The Bertz CT molecular complexity index is 984. The molecule has 3 aromatic carbocycles. The van der Waals surface area contributed by atoms with Crippen LogP contribution in [0.25, 0.3) is 0 Å². The van der Waals surface area contributed by atoms with Gasteiger partial charge in [-0.05, 0) is 92.6 Å². The Morgan fingerprint density at radius 1 is 0.724 bits per heavy atom. The molecule has 0 aliphatic heterocycles. The molecule has 0 atom stereocenters. The number of benzene rings is 3. The topological polar surface area (TPSA) is 61.8 Å². The molecule has 3 rings (SSSR count). The fourth-order valence-corrected chi connectivity index (χ4v) is 2.79. The molecule has 0 spiro atoms. The van der Waals surface area contributed by atoms with E-state index >= 15 is 0 Å².